The molecule has 0 unspecified atom stereocenters. The molecule has 1 aliphatic carbocycles. The molecular formula is C21H18FN3O2. The molecule has 3 aromatic rings. The molecule has 1 fully saturated rings. The van der Waals surface area contributed by atoms with E-state index < -0.39 is 0 Å². The van der Waals surface area contributed by atoms with Crippen LogP contribution in [0.1, 0.15) is 41.6 Å². The van der Waals surface area contributed by atoms with Crippen molar-refractivity contribution in [3.8, 4) is 0 Å². The van der Waals surface area contributed by atoms with Gasteiger partial charge in [-0.05, 0) is 43.2 Å². The van der Waals surface area contributed by atoms with Crippen LogP contribution < -0.4 is 10.5 Å². The molecule has 5 rings (SSSR count). The minimum Gasteiger partial charge on any atom is -0.307 e. The second-order valence-electron chi connectivity index (χ2n) is 7.51. The molecule has 136 valence electrons. The summed E-state index contributed by atoms with van der Waals surface area (Å²) in [6, 6.07) is 9.94. The van der Waals surface area contributed by atoms with Crippen molar-refractivity contribution >= 4 is 22.4 Å². The molecule has 0 radical (unpaired) electrons. The maximum Gasteiger partial charge on any atom is 0.272 e. The largest absolute Gasteiger partial charge is 0.307 e. The van der Waals surface area contributed by atoms with Gasteiger partial charge < -0.3 is 4.90 Å². The molecule has 2 heterocycles. The van der Waals surface area contributed by atoms with Crippen molar-refractivity contribution < 1.29 is 9.18 Å². The Morgan fingerprint density at radius 1 is 1.19 bits per heavy atom. The number of benzene rings is 2. The average Bonchev–Trinajstić information content (AvgIpc) is 3.27. The zero-order valence-electron chi connectivity index (χ0n) is 14.7. The Labute approximate surface area is 154 Å². The lowest BCUT2D eigenvalue weighted by Crippen LogP contribution is -2.35. The number of rotatable bonds is 1. The van der Waals surface area contributed by atoms with Gasteiger partial charge in [-0.2, -0.15) is 5.10 Å². The fourth-order valence-electron chi connectivity index (χ4n) is 4.76. The first-order chi connectivity index (χ1) is 13.1. The van der Waals surface area contributed by atoms with Gasteiger partial charge in [0.25, 0.3) is 11.5 Å². The minimum absolute atomic E-state index is 0.173. The molecular weight excluding hydrogens is 345 g/mol. The Kier molecular flexibility index (Phi) is 3.44. The number of carbonyl (C=O) groups is 1. The molecule has 1 saturated carbocycles. The van der Waals surface area contributed by atoms with Gasteiger partial charge in [0.2, 0.25) is 0 Å². The summed E-state index contributed by atoms with van der Waals surface area (Å²) < 4.78 is 14.7. The van der Waals surface area contributed by atoms with Gasteiger partial charge in [-0.15, -0.1) is 0 Å². The Hall–Kier alpha value is -3.02. The molecule has 1 aliphatic heterocycles. The summed E-state index contributed by atoms with van der Waals surface area (Å²) in [5.41, 5.74) is 1.28. The quantitative estimate of drug-likeness (QED) is 0.719. The van der Waals surface area contributed by atoms with Crippen molar-refractivity contribution in [1.29, 1.82) is 0 Å². The van der Waals surface area contributed by atoms with Crippen LogP contribution in [0.5, 0.6) is 0 Å². The molecule has 5 nitrogen and oxygen atoms in total. The highest BCUT2D eigenvalue weighted by Gasteiger charge is 2.48. The van der Waals surface area contributed by atoms with Crippen molar-refractivity contribution in [3.05, 3.63) is 69.9 Å². The summed E-state index contributed by atoms with van der Waals surface area (Å²) in [7, 11) is 0. The van der Waals surface area contributed by atoms with Gasteiger partial charge in [0.05, 0.1) is 17.3 Å². The molecule has 27 heavy (non-hydrogen) atoms. The predicted octanol–water partition coefficient (Wildman–Crippen LogP) is 3.53. The highest BCUT2D eigenvalue weighted by Crippen LogP contribution is 2.51. The number of nitrogens with zero attached hydrogens (tertiary/aromatic N) is 2. The Bertz CT molecular complexity index is 1130. The molecule has 0 bridgehead atoms. The van der Waals surface area contributed by atoms with Crippen LogP contribution in [-0.2, 0) is 5.41 Å². The van der Waals surface area contributed by atoms with Gasteiger partial charge >= 0.3 is 0 Å². The SMILES string of the molecule is O=C(c1ccc2c(=O)[nH]ncc2c1)N1CC2(CCCC2)c2c(F)cccc21. The van der Waals surface area contributed by atoms with Gasteiger partial charge in [0.1, 0.15) is 5.82 Å². The third-order valence-corrected chi connectivity index (χ3v) is 5.99. The molecule has 2 aromatic carbocycles. The summed E-state index contributed by atoms with van der Waals surface area (Å²) in [5.74, 6) is -0.397. The number of anilines is 1. The standard InChI is InChI=1S/C21H18FN3O2/c22-16-4-3-5-17-18(16)21(8-1-2-9-21)12-25(17)20(27)13-6-7-15-14(10-13)11-23-24-19(15)26/h3-7,10-11H,1-2,8-9,12H2,(H,24,26). The maximum atomic E-state index is 14.7. The molecule has 1 amide bonds. The second-order valence-corrected chi connectivity index (χ2v) is 7.51. The number of H-pyrrole nitrogens is 1. The summed E-state index contributed by atoms with van der Waals surface area (Å²) in [6.45, 7) is 0.508. The van der Waals surface area contributed by atoms with Crippen molar-refractivity contribution in [2.45, 2.75) is 31.1 Å². The number of hydrogen-bond acceptors (Lipinski definition) is 3. The van der Waals surface area contributed by atoms with E-state index in [1.165, 1.54) is 12.3 Å². The zero-order chi connectivity index (χ0) is 18.6. The van der Waals surface area contributed by atoms with Crippen LogP contribution >= 0.6 is 0 Å². The summed E-state index contributed by atoms with van der Waals surface area (Å²) in [6.07, 6.45) is 5.45. The molecule has 1 N–H and O–H groups in total. The van der Waals surface area contributed by atoms with Crippen LogP contribution in [-0.4, -0.2) is 22.6 Å². The number of aromatic amines is 1. The molecule has 0 atom stereocenters. The lowest BCUT2D eigenvalue weighted by atomic mass is 9.80. The Morgan fingerprint density at radius 3 is 2.81 bits per heavy atom. The van der Waals surface area contributed by atoms with E-state index in [1.807, 2.05) is 6.07 Å². The van der Waals surface area contributed by atoms with Crippen LogP contribution in [0.3, 0.4) is 0 Å². The van der Waals surface area contributed by atoms with Crippen LogP contribution in [0.25, 0.3) is 10.8 Å². The van der Waals surface area contributed by atoms with E-state index >= 15 is 0 Å². The smallest absolute Gasteiger partial charge is 0.272 e. The van der Waals surface area contributed by atoms with E-state index in [0.29, 0.717) is 34.1 Å². The maximum absolute atomic E-state index is 14.7. The van der Waals surface area contributed by atoms with Crippen LogP contribution in [0.15, 0.2) is 47.4 Å². The van der Waals surface area contributed by atoms with E-state index in [2.05, 4.69) is 10.2 Å². The predicted molar refractivity (Wildman–Crippen MR) is 101 cm³/mol. The molecule has 2 aliphatic rings. The highest BCUT2D eigenvalue weighted by molar-refractivity contribution is 6.09. The van der Waals surface area contributed by atoms with Crippen LogP contribution in [0.2, 0.25) is 0 Å². The summed E-state index contributed by atoms with van der Waals surface area (Å²) in [5, 5.41) is 7.29. The van der Waals surface area contributed by atoms with Crippen LogP contribution in [0.4, 0.5) is 10.1 Å². The van der Waals surface area contributed by atoms with Gasteiger partial charge in [-0.3, -0.25) is 9.59 Å². The third kappa shape index (κ3) is 2.32. The average molecular weight is 363 g/mol. The number of hydrogen-bond donors (Lipinski definition) is 1. The van der Waals surface area contributed by atoms with Gasteiger partial charge in [0, 0.05) is 28.5 Å². The molecule has 6 heteroatoms. The van der Waals surface area contributed by atoms with Crippen LogP contribution in [0, 0.1) is 5.82 Å². The van der Waals surface area contributed by atoms with Gasteiger partial charge in [0.15, 0.2) is 0 Å². The number of fused-ring (bicyclic) bond motifs is 3. The number of carbonyl (C=O) groups excluding carboxylic acids is 1. The fraction of sp³-hybridized carbons (Fsp3) is 0.286. The molecule has 0 saturated heterocycles. The van der Waals surface area contributed by atoms with Crippen molar-refractivity contribution in [3.63, 3.8) is 0 Å². The van der Waals surface area contributed by atoms with E-state index in [4.69, 9.17) is 0 Å². The Balaban J connectivity index is 1.60. The second kappa shape index (κ2) is 5.74. The van der Waals surface area contributed by atoms with Crippen molar-refractivity contribution in [1.82, 2.24) is 10.2 Å². The molecule has 1 spiro atoms. The number of amides is 1. The minimum atomic E-state index is -0.287. The lowest BCUT2D eigenvalue weighted by molar-refractivity contribution is 0.0985. The fourth-order valence-corrected chi connectivity index (χ4v) is 4.76. The molecule has 1 aromatic heterocycles. The number of nitrogens with one attached hydrogen (secondary N) is 1. The third-order valence-electron chi connectivity index (χ3n) is 5.99. The number of aromatic nitrogens is 2. The van der Waals surface area contributed by atoms with E-state index in [1.54, 1.807) is 29.2 Å². The van der Waals surface area contributed by atoms with E-state index in [-0.39, 0.29) is 22.7 Å². The first kappa shape index (κ1) is 16.2. The highest BCUT2D eigenvalue weighted by atomic mass is 19.1. The van der Waals surface area contributed by atoms with Crippen molar-refractivity contribution in [2.24, 2.45) is 0 Å². The van der Waals surface area contributed by atoms with E-state index in [0.717, 1.165) is 25.7 Å². The number of halogens is 1. The monoisotopic (exact) mass is 363 g/mol. The first-order valence-corrected chi connectivity index (χ1v) is 9.17. The Morgan fingerprint density at radius 2 is 2.00 bits per heavy atom. The zero-order valence-corrected chi connectivity index (χ0v) is 14.7. The lowest BCUT2D eigenvalue weighted by Gasteiger charge is -2.25. The van der Waals surface area contributed by atoms with Crippen molar-refractivity contribution in [2.75, 3.05) is 11.4 Å². The summed E-state index contributed by atoms with van der Waals surface area (Å²) in [4.78, 5) is 26.8. The van der Waals surface area contributed by atoms with E-state index in [9.17, 15) is 14.0 Å². The topological polar surface area (TPSA) is 66.1 Å². The van der Waals surface area contributed by atoms with Gasteiger partial charge in [-0.1, -0.05) is 18.9 Å². The summed E-state index contributed by atoms with van der Waals surface area (Å²) >= 11 is 0. The first-order valence-electron chi connectivity index (χ1n) is 9.17. The normalized spacial score (nSPS) is 17.6. The van der Waals surface area contributed by atoms with Gasteiger partial charge in [-0.25, -0.2) is 9.49 Å².